The van der Waals surface area contributed by atoms with E-state index in [0.717, 1.165) is 30.3 Å². The molecule has 0 saturated carbocycles. The molecule has 0 aliphatic carbocycles. The van der Waals surface area contributed by atoms with Crippen molar-refractivity contribution in [1.82, 2.24) is 0 Å². The lowest BCUT2D eigenvalue weighted by molar-refractivity contribution is 0.570. The number of nitrogens with zero attached hydrogens (tertiary/aromatic N) is 1. The predicted octanol–water partition coefficient (Wildman–Crippen LogP) is 3.37. The summed E-state index contributed by atoms with van der Waals surface area (Å²) < 4.78 is 26.5. The second kappa shape index (κ2) is 5.21. The Morgan fingerprint density at radius 2 is 1.80 bits per heavy atom. The van der Waals surface area contributed by atoms with Gasteiger partial charge in [0.05, 0.1) is 0 Å². The van der Waals surface area contributed by atoms with Gasteiger partial charge in [0.25, 0.3) is 0 Å². The van der Waals surface area contributed by atoms with Crippen LogP contribution in [0.1, 0.15) is 23.6 Å². The van der Waals surface area contributed by atoms with E-state index in [4.69, 9.17) is 5.73 Å². The predicted molar refractivity (Wildman–Crippen MR) is 75.4 cm³/mol. The molecule has 104 valence electrons. The van der Waals surface area contributed by atoms with Crippen LogP contribution in [-0.2, 0) is 6.54 Å². The maximum Gasteiger partial charge on any atom is 0.126 e. The lowest BCUT2D eigenvalue weighted by Crippen LogP contribution is -2.33. The number of halogens is 2. The first-order valence-electron chi connectivity index (χ1n) is 6.68. The molecule has 0 saturated heterocycles. The number of anilines is 1. The van der Waals surface area contributed by atoms with E-state index in [9.17, 15) is 8.78 Å². The fraction of sp³-hybridized carbons (Fsp3) is 0.250. The normalized spacial score (nSPS) is 17.9. The Bertz CT molecular complexity index is 607. The van der Waals surface area contributed by atoms with Gasteiger partial charge in [-0.1, -0.05) is 18.2 Å². The first-order valence-corrected chi connectivity index (χ1v) is 6.68. The molecule has 1 aliphatic heterocycles. The maximum atomic E-state index is 13.3. The molecular weight excluding hydrogens is 258 g/mol. The smallest absolute Gasteiger partial charge is 0.126 e. The van der Waals surface area contributed by atoms with Crippen molar-refractivity contribution in [3.63, 3.8) is 0 Å². The first kappa shape index (κ1) is 13.1. The van der Waals surface area contributed by atoms with Gasteiger partial charge in [0.2, 0.25) is 0 Å². The van der Waals surface area contributed by atoms with Crippen molar-refractivity contribution in [2.75, 3.05) is 11.4 Å². The summed E-state index contributed by atoms with van der Waals surface area (Å²) in [5.41, 5.74) is 8.88. The quantitative estimate of drug-likeness (QED) is 0.909. The molecule has 3 rings (SSSR count). The molecule has 0 aromatic heterocycles. The molecule has 0 amide bonds. The SMILES string of the molecule is NC1CCN(Cc2cc(F)cc(F)c2)c2ccccc21. The second-order valence-corrected chi connectivity index (χ2v) is 5.15. The summed E-state index contributed by atoms with van der Waals surface area (Å²) in [6.45, 7) is 1.27. The van der Waals surface area contributed by atoms with Gasteiger partial charge in [0, 0.05) is 30.9 Å². The molecule has 2 aromatic carbocycles. The van der Waals surface area contributed by atoms with Gasteiger partial charge in [-0.15, -0.1) is 0 Å². The van der Waals surface area contributed by atoms with Crippen LogP contribution in [0.25, 0.3) is 0 Å². The molecule has 1 atom stereocenters. The van der Waals surface area contributed by atoms with Gasteiger partial charge in [-0.25, -0.2) is 8.78 Å². The second-order valence-electron chi connectivity index (χ2n) is 5.15. The van der Waals surface area contributed by atoms with Gasteiger partial charge in [-0.05, 0) is 35.7 Å². The topological polar surface area (TPSA) is 29.3 Å². The highest BCUT2D eigenvalue weighted by Crippen LogP contribution is 2.33. The van der Waals surface area contributed by atoms with Crippen molar-refractivity contribution in [2.45, 2.75) is 19.0 Å². The summed E-state index contributed by atoms with van der Waals surface area (Å²) in [6.07, 6.45) is 0.842. The fourth-order valence-corrected chi connectivity index (χ4v) is 2.75. The Morgan fingerprint density at radius 3 is 2.55 bits per heavy atom. The summed E-state index contributed by atoms with van der Waals surface area (Å²) in [5.74, 6) is -1.08. The highest BCUT2D eigenvalue weighted by molar-refractivity contribution is 5.57. The molecule has 1 aliphatic rings. The third-order valence-corrected chi connectivity index (χ3v) is 3.68. The lowest BCUT2D eigenvalue weighted by atomic mass is 9.97. The van der Waals surface area contributed by atoms with Crippen LogP contribution in [0.15, 0.2) is 42.5 Å². The van der Waals surface area contributed by atoms with E-state index in [2.05, 4.69) is 4.90 Å². The largest absolute Gasteiger partial charge is 0.367 e. The zero-order valence-electron chi connectivity index (χ0n) is 11.0. The molecule has 0 bridgehead atoms. The standard InChI is InChI=1S/C16H16F2N2/c17-12-7-11(8-13(18)9-12)10-20-6-5-15(19)14-3-1-2-4-16(14)20/h1-4,7-9,15H,5-6,10,19H2. The van der Waals surface area contributed by atoms with E-state index in [-0.39, 0.29) is 6.04 Å². The van der Waals surface area contributed by atoms with Crippen molar-refractivity contribution in [3.05, 3.63) is 65.2 Å². The van der Waals surface area contributed by atoms with Gasteiger partial charge < -0.3 is 10.6 Å². The van der Waals surface area contributed by atoms with Crippen LogP contribution in [0.5, 0.6) is 0 Å². The summed E-state index contributed by atoms with van der Waals surface area (Å²) in [7, 11) is 0. The minimum absolute atomic E-state index is 0.0340. The van der Waals surface area contributed by atoms with E-state index < -0.39 is 11.6 Å². The molecule has 1 unspecified atom stereocenters. The van der Waals surface area contributed by atoms with Crippen LogP contribution in [0, 0.1) is 11.6 Å². The molecule has 0 spiro atoms. The number of fused-ring (bicyclic) bond motifs is 1. The van der Waals surface area contributed by atoms with E-state index in [1.807, 2.05) is 24.3 Å². The average molecular weight is 274 g/mol. The van der Waals surface area contributed by atoms with E-state index >= 15 is 0 Å². The van der Waals surface area contributed by atoms with E-state index in [0.29, 0.717) is 12.1 Å². The van der Waals surface area contributed by atoms with Gasteiger partial charge in [0.1, 0.15) is 11.6 Å². The van der Waals surface area contributed by atoms with Crippen molar-refractivity contribution >= 4 is 5.69 Å². The molecule has 4 heteroatoms. The Kier molecular flexibility index (Phi) is 3.40. The van der Waals surface area contributed by atoms with Crippen LogP contribution in [0.2, 0.25) is 0 Å². The van der Waals surface area contributed by atoms with Gasteiger partial charge in [-0.3, -0.25) is 0 Å². The molecule has 20 heavy (non-hydrogen) atoms. The highest BCUT2D eigenvalue weighted by Gasteiger charge is 2.22. The molecule has 2 nitrogen and oxygen atoms in total. The molecule has 2 N–H and O–H groups in total. The Hall–Kier alpha value is -1.94. The Morgan fingerprint density at radius 1 is 1.10 bits per heavy atom. The van der Waals surface area contributed by atoms with Gasteiger partial charge in [0.15, 0.2) is 0 Å². The van der Waals surface area contributed by atoms with Crippen molar-refractivity contribution in [3.8, 4) is 0 Å². The van der Waals surface area contributed by atoms with E-state index in [1.165, 1.54) is 12.1 Å². The van der Waals surface area contributed by atoms with Crippen LogP contribution in [0.3, 0.4) is 0 Å². The fourth-order valence-electron chi connectivity index (χ4n) is 2.75. The van der Waals surface area contributed by atoms with Gasteiger partial charge in [-0.2, -0.15) is 0 Å². The number of para-hydroxylation sites is 1. The van der Waals surface area contributed by atoms with Crippen LogP contribution < -0.4 is 10.6 Å². The van der Waals surface area contributed by atoms with Crippen LogP contribution >= 0.6 is 0 Å². The number of nitrogens with two attached hydrogens (primary N) is 1. The summed E-state index contributed by atoms with van der Waals surface area (Å²) in [4.78, 5) is 2.12. The monoisotopic (exact) mass is 274 g/mol. The Balaban J connectivity index is 1.90. The molecule has 0 radical (unpaired) electrons. The first-order chi connectivity index (χ1) is 9.63. The zero-order chi connectivity index (χ0) is 14.1. The van der Waals surface area contributed by atoms with Crippen LogP contribution in [0.4, 0.5) is 14.5 Å². The Labute approximate surface area is 116 Å². The van der Waals surface area contributed by atoms with Crippen LogP contribution in [-0.4, -0.2) is 6.54 Å². The third kappa shape index (κ3) is 2.51. The van der Waals surface area contributed by atoms with Crippen molar-refractivity contribution < 1.29 is 8.78 Å². The zero-order valence-corrected chi connectivity index (χ0v) is 11.0. The van der Waals surface area contributed by atoms with Crippen molar-refractivity contribution in [1.29, 1.82) is 0 Å². The number of hydrogen-bond donors (Lipinski definition) is 1. The highest BCUT2D eigenvalue weighted by atomic mass is 19.1. The molecule has 2 aromatic rings. The van der Waals surface area contributed by atoms with E-state index in [1.54, 1.807) is 0 Å². The average Bonchev–Trinajstić information content (AvgIpc) is 2.41. The molecular formula is C16H16F2N2. The summed E-state index contributed by atoms with van der Waals surface area (Å²) in [6, 6.07) is 11.6. The molecule has 0 fully saturated rings. The minimum Gasteiger partial charge on any atom is -0.367 e. The maximum absolute atomic E-state index is 13.3. The number of rotatable bonds is 2. The number of benzene rings is 2. The van der Waals surface area contributed by atoms with Crippen molar-refractivity contribution in [2.24, 2.45) is 5.73 Å². The summed E-state index contributed by atoms with van der Waals surface area (Å²) >= 11 is 0. The summed E-state index contributed by atoms with van der Waals surface area (Å²) in [5, 5.41) is 0. The minimum atomic E-state index is -0.540. The number of hydrogen-bond acceptors (Lipinski definition) is 2. The van der Waals surface area contributed by atoms with Gasteiger partial charge >= 0.3 is 0 Å². The lowest BCUT2D eigenvalue weighted by Gasteiger charge is -2.34. The third-order valence-electron chi connectivity index (χ3n) is 3.68. The molecule has 1 heterocycles.